The summed E-state index contributed by atoms with van der Waals surface area (Å²) in [6.07, 6.45) is 1.60. The van der Waals surface area contributed by atoms with Crippen molar-refractivity contribution in [3.05, 3.63) is 35.1 Å². The maximum atomic E-state index is 14.1. The van der Waals surface area contributed by atoms with Crippen molar-refractivity contribution >= 4 is 24.8 Å². The molecule has 134 valence electrons. The van der Waals surface area contributed by atoms with Gasteiger partial charge in [0, 0.05) is 43.9 Å². The Labute approximate surface area is 148 Å². The van der Waals surface area contributed by atoms with Crippen molar-refractivity contribution in [2.45, 2.75) is 32.7 Å². The van der Waals surface area contributed by atoms with Gasteiger partial charge >= 0.3 is 0 Å². The van der Waals surface area contributed by atoms with E-state index in [1.165, 1.54) is 0 Å². The predicted octanol–water partition coefficient (Wildman–Crippen LogP) is 4.33. The minimum atomic E-state index is -1.10. The smallest absolute Gasteiger partial charge is 0.163 e. The molecular weight excluding hydrogens is 348 g/mol. The first kappa shape index (κ1) is 22.5. The lowest BCUT2D eigenvalue weighted by Crippen LogP contribution is -2.45. The van der Waals surface area contributed by atoms with Crippen LogP contribution in [-0.2, 0) is 0 Å². The molecule has 2 rings (SSSR count). The van der Waals surface area contributed by atoms with Crippen molar-refractivity contribution in [1.29, 1.82) is 0 Å². The molecule has 1 heterocycles. The first-order chi connectivity index (χ1) is 9.99. The zero-order valence-electron chi connectivity index (χ0n) is 13.4. The summed E-state index contributed by atoms with van der Waals surface area (Å²) >= 11 is 0. The van der Waals surface area contributed by atoms with E-state index < -0.39 is 17.5 Å². The second-order valence-electron chi connectivity index (χ2n) is 6.06. The van der Waals surface area contributed by atoms with Crippen LogP contribution in [0.5, 0.6) is 0 Å². The van der Waals surface area contributed by atoms with Gasteiger partial charge in [0.1, 0.15) is 5.82 Å². The molecule has 1 saturated heterocycles. The van der Waals surface area contributed by atoms with Crippen molar-refractivity contribution in [3.63, 3.8) is 0 Å². The second-order valence-corrected chi connectivity index (χ2v) is 6.06. The molecule has 0 bridgehead atoms. The number of piperazine rings is 1. The largest absolute Gasteiger partial charge is 0.314 e. The predicted molar refractivity (Wildman–Crippen MR) is 92.1 cm³/mol. The number of hydrogen-bond acceptors (Lipinski definition) is 2. The number of rotatable bonds is 5. The van der Waals surface area contributed by atoms with Crippen LogP contribution in [0.2, 0.25) is 0 Å². The summed E-state index contributed by atoms with van der Waals surface area (Å²) in [5.41, 5.74) is 0.148. The molecule has 0 radical (unpaired) electrons. The molecule has 1 atom stereocenters. The van der Waals surface area contributed by atoms with Crippen LogP contribution < -0.4 is 5.32 Å². The lowest BCUT2D eigenvalue weighted by molar-refractivity contribution is 0.155. The molecule has 7 heteroatoms. The van der Waals surface area contributed by atoms with E-state index in [4.69, 9.17) is 0 Å². The normalized spacial score (nSPS) is 16.6. The zero-order chi connectivity index (χ0) is 15.4. The Morgan fingerprint density at radius 2 is 1.65 bits per heavy atom. The van der Waals surface area contributed by atoms with Crippen LogP contribution in [0.15, 0.2) is 12.1 Å². The number of halogens is 5. The van der Waals surface area contributed by atoms with Gasteiger partial charge in [-0.1, -0.05) is 13.8 Å². The molecule has 1 aromatic carbocycles. The second kappa shape index (κ2) is 10.4. The fourth-order valence-corrected chi connectivity index (χ4v) is 2.84. The minimum Gasteiger partial charge on any atom is -0.314 e. The van der Waals surface area contributed by atoms with E-state index in [0.29, 0.717) is 18.4 Å². The van der Waals surface area contributed by atoms with Crippen LogP contribution >= 0.6 is 24.8 Å². The topological polar surface area (TPSA) is 15.3 Å². The Morgan fingerprint density at radius 1 is 1.04 bits per heavy atom. The summed E-state index contributed by atoms with van der Waals surface area (Å²) < 4.78 is 41.1. The standard InChI is InChI=1S/C16H23F3N2.2ClH/c1-11(2)3-4-15(21-7-5-20-6-8-21)13-9-12(17)10-14(18)16(13)19;;/h9-11,15,20H,3-8H2,1-2H3;2*1H/t15-;;/m1../s1. The van der Waals surface area contributed by atoms with E-state index in [9.17, 15) is 13.2 Å². The van der Waals surface area contributed by atoms with Crippen LogP contribution in [0.1, 0.15) is 38.3 Å². The highest BCUT2D eigenvalue weighted by Crippen LogP contribution is 2.31. The van der Waals surface area contributed by atoms with Crippen molar-refractivity contribution in [2.24, 2.45) is 5.92 Å². The van der Waals surface area contributed by atoms with Gasteiger partial charge in [-0.15, -0.1) is 24.8 Å². The third kappa shape index (κ3) is 6.14. The molecule has 1 fully saturated rings. The number of hydrogen-bond donors (Lipinski definition) is 1. The van der Waals surface area contributed by atoms with E-state index in [-0.39, 0.29) is 36.4 Å². The minimum absolute atomic E-state index is 0. The third-order valence-corrected chi connectivity index (χ3v) is 3.99. The highest BCUT2D eigenvalue weighted by atomic mass is 35.5. The van der Waals surface area contributed by atoms with Crippen LogP contribution in [0.3, 0.4) is 0 Å². The van der Waals surface area contributed by atoms with E-state index in [2.05, 4.69) is 24.1 Å². The fraction of sp³-hybridized carbons (Fsp3) is 0.625. The average molecular weight is 373 g/mol. The fourth-order valence-electron chi connectivity index (χ4n) is 2.84. The van der Waals surface area contributed by atoms with E-state index in [0.717, 1.165) is 38.7 Å². The Hall–Kier alpha value is -0.490. The van der Waals surface area contributed by atoms with Crippen molar-refractivity contribution < 1.29 is 13.2 Å². The molecule has 0 aromatic heterocycles. The molecular formula is C16H25Cl2F3N2. The Kier molecular flexibility index (Phi) is 10.2. The first-order valence-corrected chi connectivity index (χ1v) is 7.58. The van der Waals surface area contributed by atoms with E-state index in [1.807, 2.05) is 0 Å². The molecule has 1 aromatic rings. The SMILES string of the molecule is CC(C)CC[C@H](c1cc(F)cc(F)c1F)N1CCNCC1.Cl.Cl. The van der Waals surface area contributed by atoms with Gasteiger partial charge in [-0.05, 0) is 24.8 Å². The van der Waals surface area contributed by atoms with Gasteiger partial charge in [0.2, 0.25) is 0 Å². The van der Waals surface area contributed by atoms with Crippen molar-refractivity contribution in [3.8, 4) is 0 Å². The van der Waals surface area contributed by atoms with Crippen LogP contribution in [0.4, 0.5) is 13.2 Å². The maximum Gasteiger partial charge on any atom is 0.163 e. The van der Waals surface area contributed by atoms with Gasteiger partial charge in [-0.3, -0.25) is 4.90 Å². The van der Waals surface area contributed by atoms with E-state index >= 15 is 0 Å². The molecule has 0 aliphatic carbocycles. The van der Waals surface area contributed by atoms with Crippen LogP contribution in [-0.4, -0.2) is 31.1 Å². The quantitative estimate of drug-likeness (QED) is 0.773. The molecule has 0 spiro atoms. The lowest BCUT2D eigenvalue weighted by atomic mass is 9.95. The van der Waals surface area contributed by atoms with Crippen LogP contribution in [0.25, 0.3) is 0 Å². The lowest BCUT2D eigenvalue weighted by Gasteiger charge is -2.35. The summed E-state index contributed by atoms with van der Waals surface area (Å²) in [7, 11) is 0. The highest BCUT2D eigenvalue weighted by molar-refractivity contribution is 5.85. The molecule has 0 saturated carbocycles. The Bertz CT molecular complexity index is 481. The van der Waals surface area contributed by atoms with Crippen LogP contribution in [0, 0.1) is 23.4 Å². The first-order valence-electron chi connectivity index (χ1n) is 7.58. The number of nitrogens with zero attached hydrogens (tertiary/aromatic N) is 1. The summed E-state index contributed by atoms with van der Waals surface area (Å²) in [4.78, 5) is 2.12. The van der Waals surface area contributed by atoms with Gasteiger partial charge in [0.05, 0.1) is 0 Å². The summed E-state index contributed by atoms with van der Waals surface area (Å²) in [5.74, 6) is -2.26. The van der Waals surface area contributed by atoms with Crippen molar-refractivity contribution in [2.75, 3.05) is 26.2 Å². The van der Waals surface area contributed by atoms with Crippen molar-refractivity contribution in [1.82, 2.24) is 10.2 Å². The summed E-state index contributed by atoms with van der Waals surface area (Å²) in [5, 5.41) is 3.24. The van der Waals surface area contributed by atoms with Gasteiger partial charge < -0.3 is 5.32 Å². The molecule has 2 nitrogen and oxygen atoms in total. The molecule has 0 unspecified atom stereocenters. The van der Waals surface area contributed by atoms with Gasteiger partial charge in [-0.25, -0.2) is 13.2 Å². The third-order valence-electron chi connectivity index (χ3n) is 3.99. The zero-order valence-corrected chi connectivity index (χ0v) is 15.1. The maximum absolute atomic E-state index is 14.1. The molecule has 0 amide bonds. The molecule has 1 N–H and O–H groups in total. The van der Waals surface area contributed by atoms with Gasteiger partial charge in [-0.2, -0.15) is 0 Å². The average Bonchev–Trinajstić information content (AvgIpc) is 2.45. The molecule has 23 heavy (non-hydrogen) atoms. The van der Waals surface area contributed by atoms with Gasteiger partial charge in [0.15, 0.2) is 11.6 Å². The number of benzene rings is 1. The Balaban J connectivity index is 0.00000242. The van der Waals surface area contributed by atoms with Gasteiger partial charge in [0.25, 0.3) is 0 Å². The highest BCUT2D eigenvalue weighted by Gasteiger charge is 2.26. The number of nitrogens with one attached hydrogen (secondary N) is 1. The Morgan fingerprint density at radius 3 is 2.22 bits per heavy atom. The molecule has 1 aliphatic rings. The summed E-state index contributed by atoms with van der Waals surface area (Å²) in [6.45, 7) is 7.35. The summed E-state index contributed by atoms with van der Waals surface area (Å²) in [6, 6.07) is 1.49. The van der Waals surface area contributed by atoms with E-state index in [1.54, 1.807) is 0 Å². The monoisotopic (exact) mass is 372 g/mol. The molecule has 1 aliphatic heterocycles.